The number of alkyl halides is 1. The molecule has 0 aliphatic rings. The molecule has 7 heteroatoms. The number of aryl methyl sites for hydroxylation is 3. The highest BCUT2D eigenvalue weighted by Gasteiger charge is 2.31. The zero-order valence-corrected chi connectivity index (χ0v) is 16.1. The summed E-state index contributed by atoms with van der Waals surface area (Å²) in [6.45, 7) is 4.19. The summed E-state index contributed by atoms with van der Waals surface area (Å²) < 4.78 is 1.84. The zero-order valence-electron chi connectivity index (χ0n) is 14.5. The van der Waals surface area contributed by atoms with Gasteiger partial charge in [-0.25, -0.2) is 0 Å². The molecular formula is C17H23ClN4OS. The van der Waals surface area contributed by atoms with Crippen molar-refractivity contribution in [3.8, 4) is 0 Å². The standard InChI is InChI=1S/C17H23ClN4OS/c1-5-12-8-7-9-13(6-2)15(12)22(14(23)10-18)17(24-4)16-20-19-11-21(16)3/h7-9,11,17H,5-6,10H2,1-4H3. The lowest BCUT2D eigenvalue weighted by Crippen LogP contribution is -2.37. The first-order chi connectivity index (χ1) is 11.6. The minimum absolute atomic E-state index is 0.0733. The van der Waals surface area contributed by atoms with Crippen LogP contribution in [0.25, 0.3) is 0 Å². The van der Waals surface area contributed by atoms with Crippen molar-refractivity contribution in [3.05, 3.63) is 41.5 Å². The number of hydrogen-bond donors (Lipinski definition) is 0. The van der Waals surface area contributed by atoms with Gasteiger partial charge in [0, 0.05) is 7.05 Å². The Morgan fingerprint density at radius 1 is 1.33 bits per heavy atom. The third-order valence-corrected chi connectivity index (χ3v) is 5.11. The molecule has 0 spiro atoms. The van der Waals surface area contributed by atoms with E-state index in [0.717, 1.165) is 35.5 Å². The van der Waals surface area contributed by atoms with Crippen LogP contribution in [-0.2, 0) is 24.7 Å². The van der Waals surface area contributed by atoms with Crippen molar-refractivity contribution >= 4 is 35.0 Å². The molecule has 1 aromatic heterocycles. The maximum atomic E-state index is 12.8. The smallest absolute Gasteiger partial charge is 0.243 e. The molecule has 0 saturated carbocycles. The molecule has 0 radical (unpaired) electrons. The van der Waals surface area contributed by atoms with Crippen molar-refractivity contribution < 1.29 is 4.79 Å². The predicted molar refractivity (Wildman–Crippen MR) is 101 cm³/mol. The molecule has 1 unspecified atom stereocenters. The molecule has 24 heavy (non-hydrogen) atoms. The molecule has 0 aliphatic carbocycles. The van der Waals surface area contributed by atoms with E-state index in [1.807, 2.05) is 23.9 Å². The van der Waals surface area contributed by atoms with Crippen LogP contribution < -0.4 is 4.90 Å². The van der Waals surface area contributed by atoms with Crippen molar-refractivity contribution in [1.82, 2.24) is 14.8 Å². The fourth-order valence-corrected chi connectivity index (χ4v) is 3.79. The minimum atomic E-state index is -0.276. The number of aromatic nitrogens is 3. The number of benzene rings is 1. The Kier molecular flexibility index (Phi) is 6.69. The molecule has 2 aromatic rings. The average Bonchev–Trinajstić information content (AvgIpc) is 3.04. The van der Waals surface area contributed by atoms with Gasteiger partial charge in [0.2, 0.25) is 5.91 Å². The fraction of sp³-hybridized carbons (Fsp3) is 0.471. The Morgan fingerprint density at radius 3 is 2.38 bits per heavy atom. The van der Waals surface area contributed by atoms with Crippen molar-refractivity contribution in [2.45, 2.75) is 32.1 Å². The van der Waals surface area contributed by atoms with Gasteiger partial charge < -0.3 is 4.57 Å². The van der Waals surface area contributed by atoms with Gasteiger partial charge in [0.1, 0.15) is 17.6 Å². The van der Waals surface area contributed by atoms with Crippen LogP contribution in [0.4, 0.5) is 5.69 Å². The van der Waals surface area contributed by atoms with E-state index in [2.05, 4.69) is 36.2 Å². The van der Waals surface area contributed by atoms with Gasteiger partial charge in [0.05, 0.1) is 5.69 Å². The SMILES string of the molecule is CCc1cccc(CC)c1N(C(=O)CCl)C(SC)c1nncn1C. The normalized spacial score (nSPS) is 12.2. The molecule has 0 bridgehead atoms. The first-order valence-corrected chi connectivity index (χ1v) is 9.76. The molecular weight excluding hydrogens is 344 g/mol. The molecule has 1 atom stereocenters. The molecule has 130 valence electrons. The molecule has 0 fully saturated rings. The van der Waals surface area contributed by atoms with Gasteiger partial charge in [0.15, 0.2) is 5.82 Å². The van der Waals surface area contributed by atoms with Crippen molar-refractivity contribution in [2.24, 2.45) is 7.05 Å². The second kappa shape index (κ2) is 8.53. The zero-order chi connectivity index (χ0) is 17.7. The van der Waals surface area contributed by atoms with Gasteiger partial charge in [0.25, 0.3) is 0 Å². The van der Waals surface area contributed by atoms with E-state index < -0.39 is 0 Å². The van der Waals surface area contributed by atoms with Crippen LogP contribution in [0.3, 0.4) is 0 Å². The lowest BCUT2D eigenvalue weighted by atomic mass is 10.0. The number of carbonyl (C=O) groups excluding carboxylic acids is 1. The molecule has 2 rings (SSSR count). The largest absolute Gasteiger partial charge is 0.318 e. The van der Waals surface area contributed by atoms with Crippen LogP contribution in [0.1, 0.15) is 36.2 Å². The van der Waals surface area contributed by atoms with Gasteiger partial charge in [-0.15, -0.1) is 33.6 Å². The number of amides is 1. The molecule has 0 aliphatic heterocycles. The van der Waals surface area contributed by atoms with Crippen LogP contribution in [0.5, 0.6) is 0 Å². The molecule has 1 amide bonds. The lowest BCUT2D eigenvalue weighted by Gasteiger charge is -2.32. The van der Waals surface area contributed by atoms with Crippen LogP contribution in [0.2, 0.25) is 0 Å². The summed E-state index contributed by atoms with van der Waals surface area (Å²) in [7, 11) is 1.88. The first kappa shape index (κ1) is 18.8. The van der Waals surface area contributed by atoms with Crippen LogP contribution in [-0.4, -0.2) is 32.8 Å². The van der Waals surface area contributed by atoms with Crippen LogP contribution in [0.15, 0.2) is 24.5 Å². The Hall–Kier alpha value is -1.53. The van der Waals surface area contributed by atoms with E-state index in [1.165, 1.54) is 0 Å². The fourth-order valence-electron chi connectivity index (χ4n) is 2.80. The highest BCUT2D eigenvalue weighted by atomic mass is 35.5. The van der Waals surface area contributed by atoms with Gasteiger partial charge in [-0.3, -0.25) is 9.69 Å². The van der Waals surface area contributed by atoms with Crippen LogP contribution >= 0.6 is 23.4 Å². The minimum Gasteiger partial charge on any atom is -0.318 e. The van der Waals surface area contributed by atoms with E-state index in [-0.39, 0.29) is 17.2 Å². The summed E-state index contributed by atoms with van der Waals surface area (Å²) in [5, 5.41) is 7.91. The molecule has 0 saturated heterocycles. The molecule has 1 heterocycles. The highest BCUT2D eigenvalue weighted by molar-refractivity contribution is 7.98. The maximum Gasteiger partial charge on any atom is 0.243 e. The quantitative estimate of drug-likeness (QED) is 0.555. The molecule has 5 nitrogen and oxygen atoms in total. The maximum absolute atomic E-state index is 12.8. The third kappa shape index (κ3) is 3.59. The topological polar surface area (TPSA) is 51.0 Å². The van der Waals surface area contributed by atoms with Crippen molar-refractivity contribution in [2.75, 3.05) is 17.0 Å². The van der Waals surface area contributed by atoms with Crippen molar-refractivity contribution in [1.29, 1.82) is 0 Å². The average molecular weight is 367 g/mol. The number of anilines is 1. The summed E-state index contributed by atoms with van der Waals surface area (Å²) >= 11 is 7.50. The Bertz CT molecular complexity index is 681. The van der Waals surface area contributed by atoms with Gasteiger partial charge >= 0.3 is 0 Å². The van der Waals surface area contributed by atoms with E-state index in [0.29, 0.717) is 0 Å². The number of halogens is 1. The van der Waals surface area contributed by atoms with Gasteiger partial charge in [-0.2, -0.15) is 0 Å². The van der Waals surface area contributed by atoms with Gasteiger partial charge in [-0.1, -0.05) is 32.0 Å². The van der Waals surface area contributed by atoms with E-state index in [4.69, 9.17) is 11.6 Å². The molecule has 1 aromatic carbocycles. The number of hydrogen-bond acceptors (Lipinski definition) is 4. The lowest BCUT2D eigenvalue weighted by molar-refractivity contribution is -0.116. The monoisotopic (exact) mass is 366 g/mol. The van der Waals surface area contributed by atoms with E-state index >= 15 is 0 Å². The number of nitrogens with zero attached hydrogens (tertiary/aromatic N) is 4. The highest BCUT2D eigenvalue weighted by Crippen LogP contribution is 2.38. The Morgan fingerprint density at radius 2 is 1.96 bits per heavy atom. The third-order valence-electron chi connectivity index (χ3n) is 4.01. The summed E-state index contributed by atoms with van der Waals surface area (Å²) in [4.78, 5) is 14.6. The first-order valence-electron chi connectivity index (χ1n) is 7.94. The van der Waals surface area contributed by atoms with E-state index in [1.54, 1.807) is 23.0 Å². The van der Waals surface area contributed by atoms with Crippen molar-refractivity contribution in [3.63, 3.8) is 0 Å². The Labute approximate surface area is 152 Å². The number of rotatable bonds is 7. The number of carbonyl (C=O) groups is 1. The second-order valence-corrected chi connectivity index (χ2v) is 6.60. The van der Waals surface area contributed by atoms with Crippen LogP contribution in [0, 0.1) is 0 Å². The van der Waals surface area contributed by atoms with E-state index in [9.17, 15) is 4.79 Å². The number of para-hydroxylation sites is 1. The Balaban J connectivity index is 2.66. The second-order valence-electron chi connectivity index (χ2n) is 5.42. The summed E-state index contributed by atoms with van der Waals surface area (Å²) in [5.41, 5.74) is 3.22. The summed E-state index contributed by atoms with van der Waals surface area (Å²) in [6, 6.07) is 6.18. The van der Waals surface area contributed by atoms with Gasteiger partial charge in [-0.05, 0) is 30.2 Å². The number of thioether (sulfide) groups is 1. The summed E-state index contributed by atoms with van der Waals surface area (Å²) in [6.07, 6.45) is 5.30. The predicted octanol–water partition coefficient (Wildman–Crippen LogP) is 3.57. The molecule has 0 N–H and O–H groups in total. The summed E-state index contributed by atoms with van der Waals surface area (Å²) in [5.74, 6) is 0.527.